The molecule has 1 saturated heterocycles. The number of hydrogen-bond donors (Lipinski definition) is 1. The van der Waals surface area contributed by atoms with Crippen LogP contribution in [0.2, 0.25) is 0 Å². The molecule has 0 saturated carbocycles. The molecule has 222 valence electrons. The highest BCUT2D eigenvalue weighted by molar-refractivity contribution is 7.13. The van der Waals surface area contributed by atoms with Crippen molar-refractivity contribution in [3.05, 3.63) is 88.2 Å². The van der Waals surface area contributed by atoms with Crippen LogP contribution in [0.4, 0.5) is 13.9 Å². The van der Waals surface area contributed by atoms with Gasteiger partial charge in [-0.1, -0.05) is 31.2 Å². The summed E-state index contributed by atoms with van der Waals surface area (Å²) in [5.74, 6) is -0.989. The number of hydrogen-bond acceptors (Lipinski definition) is 6. The number of aromatic nitrogens is 3. The van der Waals surface area contributed by atoms with E-state index in [0.717, 1.165) is 38.0 Å². The molecule has 0 spiro atoms. The molecule has 3 aliphatic heterocycles. The summed E-state index contributed by atoms with van der Waals surface area (Å²) in [6.07, 6.45) is 4.30. The SMILES string of the molecule is CCN1CCC(c2ccc(-c3cc(F)c4c(c3)C(=O)N(C(C(=O)Nc3nccs3)c3ncn5c3C[C@@H](F)C5)C4)cc2)CC1. The maximum Gasteiger partial charge on any atom is 0.255 e. The number of alkyl halides is 1. The van der Waals surface area contributed by atoms with E-state index in [4.69, 9.17) is 0 Å². The van der Waals surface area contributed by atoms with Crippen molar-refractivity contribution >= 4 is 28.3 Å². The van der Waals surface area contributed by atoms with Crippen LogP contribution in [0.15, 0.2) is 54.3 Å². The molecule has 2 atom stereocenters. The largest absolute Gasteiger partial charge is 0.331 e. The van der Waals surface area contributed by atoms with Gasteiger partial charge in [0.25, 0.3) is 11.8 Å². The molecule has 1 fully saturated rings. The Bertz CT molecular complexity index is 1660. The van der Waals surface area contributed by atoms with Gasteiger partial charge in [0.05, 0.1) is 25.1 Å². The van der Waals surface area contributed by atoms with E-state index in [9.17, 15) is 14.0 Å². The zero-order chi connectivity index (χ0) is 29.7. The second kappa shape index (κ2) is 11.3. The molecule has 2 aromatic heterocycles. The van der Waals surface area contributed by atoms with Crippen molar-refractivity contribution in [2.45, 2.75) is 57.4 Å². The minimum absolute atomic E-state index is 0.0948. The summed E-state index contributed by atoms with van der Waals surface area (Å²) in [4.78, 5) is 39.9. The Kier molecular flexibility index (Phi) is 7.30. The molecule has 0 bridgehead atoms. The molecular weight excluding hydrogens is 570 g/mol. The second-order valence-corrected chi connectivity index (χ2v) is 12.4. The first-order valence-electron chi connectivity index (χ1n) is 14.7. The van der Waals surface area contributed by atoms with Crippen molar-refractivity contribution in [3.63, 3.8) is 0 Å². The third-order valence-corrected chi connectivity index (χ3v) is 9.72. The average molecular weight is 603 g/mol. The quantitative estimate of drug-likeness (QED) is 0.299. The molecule has 43 heavy (non-hydrogen) atoms. The summed E-state index contributed by atoms with van der Waals surface area (Å²) in [5, 5.41) is 4.85. The summed E-state index contributed by atoms with van der Waals surface area (Å²) in [5.41, 5.74) is 4.03. The highest BCUT2D eigenvalue weighted by atomic mass is 32.1. The number of piperidine rings is 1. The molecule has 8 nitrogen and oxygen atoms in total. The predicted molar refractivity (Wildman–Crippen MR) is 160 cm³/mol. The minimum Gasteiger partial charge on any atom is -0.331 e. The van der Waals surface area contributed by atoms with Crippen molar-refractivity contribution in [2.24, 2.45) is 0 Å². The number of carbonyl (C=O) groups is 2. The lowest BCUT2D eigenvalue weighted by atomic mass is 9.88. The molecule has 2 amide bonds. The number of thiazole rings is 1. The maximum atomic E-state index is 15.6. The third-order valence-electron chi connectivity index (χ3n) is 9.04. The summed E-state index contributed by atoms with van der Waals surface area (Å²) >= 11 is 1.24. The van der Waals surface area contributed by atoms with Crippen LogP contribution in [0, 0.1) is 5.82 Å². The van der Waals surface area contributed by atoms with Crippen LogP contribution >= 0.6 is 11.3 Å². The van der Waals surface area contributed by atoms with E-state index < -0.39 is 29.8 Å². The lowest BCUT2D eigenvalue weighted by molar-refractivity contribution is -0.121. The van der Waals surface area contributed by atoms with Gasteiger partial charge in [0.15, 0.2) is 11.2 Å². The number of anilines is 1. The van der Waals surface area contributed by atoms with Crippen LogP contribution in [0.5, 0.6) is 0 Å². The molecule has 0 radical (unpaired) electrons. The lowest BCUT2D eigenvalue weighted by Gasteiger charge is -2.31. The number of imidazole rings is 1. The van der Waals surface area contributed by atoms with Crippen molar-refractivity contribution in [1.82, 2.24) is 24.3 Å². The van der Waals surface area contributed by atoms with E-state index in [2.05, 4.69) is 39.2 Å². The van der Waals surface area contributed by atoms with Gasteiger partial charge in [-0.05, 0) is 67.2 Å². The monoisotopic (exact) mass is 602 g/mol. The zero-order valence-electron chi connectivity index (χ0n) is 23.8. The van der Waals surface area contributed by atoms with Gasteiger partial charge in [-0.15, -0.1) is 11.3 Å². The molecule has 5 heterocycles. The highest BCUT2D eigenvalue weighted by Gasteiger charge is 2.42. The minimum atomic E-state index is -1.17. The van der Waals surface area contributed by atoms with E-state index in [-0.39, 0.29) is 30.6 Å². The topological polar surface area (TPSA) is 83.4 Å². The maximum absolute atomic E-state index is 15.6. The van der Waals surface area contributed by atoms with Gasteiger partial charge >= 0.3 is 0 Å². The summed E-state index contributed by atoms with van der Waals surface area (Å²) < 4.78 is 31.6. The summed E-state index contributed by atoms with van der Waals surface area (Å²) in [6, 6.07) is 10.2. The van der Waals surface area contributed by atoms with Gasteiger partial charge in [-0.2, -0.15) is 0 Å². The van der Waals surface area contributed by atoms with Gasteiger partial charge < -0.3 is 14.4 Å². The number of benzene rings is 2. The van der Waals surface area contributed by atoms with E-state index in [0.29, 0.717) is 28.0 Å². The first kappa shape index (κ1) is 27.8. The molecule has 4 aromatic rings. The third kappa shape index (κ3) is 5.14. The Labute approximate surface area is 252 Å². The van der Waals surface area contributed by atoms with Crippen LogP contribution in [-0.4, -0.2) is 62.0 Å². The smallest absolute Gasteiger partial charge is 0.255 e. The number of likely N-dealkylation sites (tertiary alicyclic amines) is 1. The molecule has 3 aliphatic rings. The molecule has 1 N–H and O–H groups in total. The van der Waals surface area contributed by atoms with Crippen LogP contribution in [0.1, 0.15) is 64.6 Å². The molecule has 7 rings (SSSR count). The van der Waals surface area contributed by atoms with Gasteiger partial charge in [0, 0.05) is 34.8 Å². The number of fused-ring (bicyclic) bond motifs is 2. The van der Waals surface area contributed by atoms with Gasteiger partial charge in [0.1, 0.15) is 12.0 Å². The fraction of sp³-hybridized carbons (Fsp3) is 0.375. The van der Waals surface area contributed by atoms with E-state index in [1.807, 2.05) is 12.1 Å². The number of halogens is 2. The number of rotatable bonds is 7. The summed E-state index contributed by atoms with van der Waals surface area (Å²) in [7, 11) is 0. The zero-order valence-corrected chi connectivity index (χ0v) is 24.6. The van der Waals surface area contributed by atoms with E-state index in [1.165, 1.54) is 34.2 Å². The Morgan fingerprint density at radius 2 is 1.93 bits per heavy atom. The van der Waals surface area contributed by atoms with Gasteiger partial charge in [0.2, 0.25) is 0 Å². The highest BCUT2D eigenvalue weighted by Crippen LogP contribution is 2.38. The Balaban J connectivity index is 1.17. The van der Waals surface area contributed by atoms with Gasteiger partial charge in [-0.3, -0.25) is 14.9 Å². The normalized spacial score (nSPS) is 19.5. The van der Waals surface area contributed by atoms with Crippen LogP contribution in [-0.2, 0) is 24.3 Å². The molecule has 2 aromatic carbocycles. The average Bonchev–Trinajstić information content (AvgIpc) is 3.81. The molecular formula is C32H32F2N6O2S. The standard InChI is InChI=1S/C32H32F2N6O2S/c1-2-38-10-7-21(8-11-38)19-3-5-20(6-4-19)22-13-24-25(26(34)14-22)17-40(31(24)42)29(30(41)37-32-35-9-12-43-32)28-27-15-23(33)16-39(27)18-36-28/h3-6,9,12-14,18,21,23,29H,2,7-8,10-11,15-17H2,1H3,(H,35,37,41)/t23-,29?/m1/s1. The number of nitrogens with one attached hydrogen (secondary N) is 1. The van der Waals surface area contributed by atoms with Crippen LogP contribution in [0.3, 0.4) is 0 Å². The number of carbonyl (C=O) groups excluding carboxylic acids is 2. The fourth-order valence-corrected chi connectivity index (χ4v) is 7.21. The van der Waals surface area contributed by atoms with E-state index in [1.54, 1.807) is 22.2 Å². The predicted octanol–water partition coefficient (Wildman–Crippen LogP) is 5.58. The summed E-state index contributed by atoms with van der Waals surface area (Å²) in [6.45, 7) is 5.50. The molecule has 0 aliphatic carbocycles. The van der Waals surface area contributed by atoms with Crippen LogP contribution in [0.25, 0.3) is 11.1 Å². The Hall–Kier alpha value is -3.96. The lowest BCUT2D eigenvalue weighted by Crippen LogP contribution is -2.38. The van der Waals surface area contributed by atoms with Crippen molar-refractivity contribution in [2.75, 3.05) is 25.0 Å². The molecule has 1 unspecified atom stereocenters. The van der Waals surface area contributed by atoms with Gasteiger partial charge in [-0.25, -0.2) is 18.7 Å². The van der Waals surface area contributed by atoms with Crippen LogP contribution < -0.4 is 5.32 Å². The number of amides is 2. The van der Waals surface area contributed by atoms with Crippen molar-refractivity contribution in [3.8, 4) is 11.1 Å². The number of nitrogens with zero attached hydrogens (tertiary/aromatic N) is 5. The Morgan fingerprint density at radius 3 is 2.65 bits per heavy atom. The molecule has 11 heteroatoms. The van der Waals surface area contributed by atoms with Crippen molar-refractivity contribution < 1.29 is 18.4 Å². The van der Waals surface area contributed by atoms with Crippen molar-refractivity contribution in [1.29, 1.82) is 0 Å². The first-order chi connectivity index (χ1) is 20.9. The first-order valence-corrected chi connectivity index (χ1v) is 15.6. The van der Waals surface area contributed by atoms with E-state index >= 15 is 4.39 Å². The second-order valence-electron chi connectivity index (χ2n) is 11.5. The fourth-order valence-electron chi connectivity index (χ4n) is 6.68. The Morgan fingerprint density at radius 1 is 1.14 bits per heavy atom.